The molecule has 2 N–H and O–H groups in total. The Morgan fingerprint density at radius 3 is 2.93 bits per heavy atom. The Hall–Kier alpha value is -3.68. The molecule has 2 heterocycles. The molecule has 1 aliphatic heterocycles. The number of likely N-dealkylation sites (N-methyl/N-ethyl adjacent to an activating group) is 1. The Kier molecular flexibility index (Phi) is 4.99. The highest BCUT2D eigenvalue weighted by atomic mass is 16.5. The molecule has 0 atom stereocenters. The van der Waals surface area contributed by atoms with Crippen LogP contribution in [0.25, 0.3) is 10.9 Å². The number of rotatable bonds is 5. The molecule has 1 aliphatic rings. The van der Waals surface area contributed by atoms with Gasteiger partial charge in [-0.05, 0) is 30.7 Å². The van der Waals surface area contributed by atoms with Crippen molar-refractivity contribution in [3.63, 3.8) is 0 Å². The molecule has 0 fully saturated rings. The van der Waals surface area contributed by atoms with Crippen LogP contribution in [0.15, 0.2) is 47.3 Å². The lowest BCUT2D eigenvalue weighted by Crippen LogP contribution is -2.35. The first-order valence-electron chi connectivity index (χ1n) is 9.32. The molecular formula is C21H20N4O4. The monoisotopic (exact) mass is 392 g/mol. The average Bonchev–Trinajstić information content (AvgIpc) is 2.71. The normalized spacial score (nSPS) is 13.1. The van der Waals surface area contributed by atoms with Gasteiger partial charge < -0.3 is 19.9 Å². The fourth-order valence-electron chi connectivity index (χ4n) is 3.25. The van der Waals surface area contributed by atoms with Crippen molar-refractivity contribution in [3.8, 4) is 5.75 Å². The Morgan fingerprint density at radius 2 is 2.07 bits per heavy atom. The summed E-state index contributed by atoms with van der Waals surface area (Å²) < 4.78 is 5.43. The Morgan fingerprint density at radius 1 is 1.24 bits per heavy atom. The van der Waals surface area contributed by atoms with Crippen LogP contribution in [0, 0.1) is 0 Å². The molecule has 0 radical (unpaired) electrons. The van der Waals surface area contributed by atoms with Crippen LogP contribution in [-0.4, -0.2) is 35.4 Å². The van der Waals surface area contributed by atoms with Crippen molar-refractivity contribution in [2.24, 2.45) is 0 Å². The lowest BCUT2D eigenvalue weighted by molar-refractivity contribution is -0.121. The number of aromatic amines is 1. The molecule has 29 heavy (non-hydrogen) atoms. The number of fused-ring (bicyclic) bond motifs is 2. The van der Waals surface area contributed by atoms with Gasteiger partial charge in [-0.25, -0.2) is 4.98 Å². The maximum atomic E-state index is 12.3. The van der Waals surface area contributed by atoms with Gasteiger partial charge in [0.05, 0.1) is 16.6 Å². The van der Waals surface area contributed by atoms with Crippen molar-refractivity contribution in [2.45, 2.75) is 19.3 Å². The highest BCUT2D eigenvalue weighted by molar-refractivity contribution is 5.98. The van der Waals surface area contributed by atoms with E-state index in [2.05, 4.69) is 15.3 Å². The number of ether oxygens (including phenoxy) is 1. The highest BCUT2D eigenvalue weighted by Crippen LogP contribution is 2.33. The quantitative estimate of drug-likeness (QED) is 0.693. The maximum absolute atomic E-state index is 12.3. The molecule has 0 spiro atoms. The second kappa shape index (κ2) is 7.75. The number of nitrogens with zero attached hydrogens (tertiary/aromatic N) is 2. The van der Waals surface area contributed by atoms with Gasteiger partial charge in [-0.2, -0.15) is 0 Å². The van der Waals surface area contributed by atoms with Crippen LogP contribution in [0.2, 0.25) is 0 Å². The molecule has 0 bridgehead atoms. The molecule has 2 amide bonds. The number of carbonyl (C=O) groups is 2. The number of hydrogen-bond acceptors (Lipinski definition) is 5. The van der Waals surface area contributed by atoms with Crippen molar-refractivity contribution in [1.29, 1.82) is 0 Å². The summed E-state index contributed by atoms with van der Waals surface area (Å²) in [7, 11) is 1.69. The third-order valence-electron chi connectivity index (χ3n) is 4.81. The predicted octanol–water partition coefficient (Wildman–Crippen LogP) is 2.24. The number of nitrogens with one attached hydrogen (secondary N) is 2. The van der Waals surface area contributed by atoms with E-state index < -0.39 is 0 Å². The number of amides is 2. The minimum atomic E-state index is -0.174. The van der Waals surface area contributed by atoms with Crippen LogP contribution in [0.4, 0.5) is 11.4 Å². The largest absolute Gasteiger partial charge is 0.481 e. The first-order chi connectivity index (χ1) is 14.0. The summed E-state index contributed by atoms with van der Waals surface area (Å²) in [4.78, 5) is 44.7. The van der Waals surface area contributed by atoms with Crippen LogP contribution in [0.1, 0.15) is 18.7 Å². The summed E-state index contributed by atoms with van der Waals surface area (Å²) in [6, 6.07) is 12.3. The van der Waals surface area contributed by atoms with Gasteiger partial charge in [0.2, 0.25) is 5.91 Å². The van der Waals surface area contributed by atoms with Crippen molar-refractivity contribution in [1.82, 2.24) is 9.97 Å². The van der Waals surface area contributed by atoms with E-state index in [0.29, 0.717) is 46.7 Å². The van der Waals surface area contributed by atoms with Crippen LogP contribution >= 0.6 is 0 Å². The number of benzene rings is 2. The average molecular weight is 392 g/mol. The summed E-state index contributed by atoms with van der Waals surface area (Å²) in [5.41, 5.74) is 1.75. The molecule has 148 valence electrons. The van der Waals surface area contributed by atoms with Gasteiger partial charge in [-0.3, -0.25) is 14.4 Å². The summed E-state index contributed by atoms with van der Waals surface area (Å²) in [6.45, 7) is -0.0160. The second-order valence-electron chi connectivity index (χ2n) is 6.86. The van der Waals surface area contributed by atoms with Gasteiger partial charge >= 0.3 is 0 Å². The lowest BCUT2D eigenvalue weighted by atomic mass is 10.2. The fourth-order valence-corrected chi connectivity index (χ4v) is 3.25. The van der Waals surface area contributed by atoms with Crippen molar-refractivity contribution >= 4 is 34.1 Å². The van der Waals surface area contributed by atoms with Gasteiger partial charge in [-0.1, -0.05) is 12.1 Å². The summed E-state index contributed by atoms with van der Waals surface area (Å²) in [6.07, 6.45) is 1.33. The van der Waals surface area contributed by atoms with Gasteiger partial charge in [0.1, 0.15) is 11.6 Å². The molecule has 2 aromatic carbocycles. The smallest absolute Gasteiger partial charge is 0.264 e. The third kappa shape index (κ3) is 3.96. The molecule has 4 rings (SSSR count). The Balaban J connectivity index is 1.35. The summed E-state index contributed by atoms with van der Waals surface area (Å²) >= 11 is 0. The van der Waals surface area contributed by atoms with Crippen LogP contribution in [0.5, 0.6) is 5.75 Å². The van der Waals surface area contributed by atoms with E-state index in [1.54, 1.807) is 43.4 Å². The zero-order valence-electron chi connectivity index (χ0n) is 15.9. The van der Waals surface area contributed by atoms with Crippen molar-refractivity contribution in [3.05, 3.63) is 58.6 Å². The van der Waals surface area contributed by atoms with Gasteiger partial charge in [0.15, 0.2) is 6.61 Å². The maximum Gasteiger partial charge on any atom is 0.264 e. The van der Waals surface area contributed by atoms with E-state index in [1.165, 1.54) is 4.90 Å². The van der Waals surface area contributed by atoms with Crippen LogP contribution in [0.3, 0.4) is 0 Å². The van der Waals surface area contributed by atoms with Crippen molar-refractivity contribution < 1.29 is 14.3 Å². The molecule has 8 heteroatoms. The number of hydrogen-bond donors (Lipinski definition) is 2. The van der Waals surface area contributed by atoms with Crippen molar-refractivity contribution in [2.75, 3.05) is 23.9 Å². The molecular weight excluding hydrogens is 372 g/mol. The van der Waals surface area contributed by atoms with E-state index in [0.717, 1.165) is 0 Å². The van der Waals surface area contributed by atoms with Gasteiger partial charge in [0.25, 0.3) is 11.5 Å². The summed E-state index contributed by atoms with van der Waals surface area (Å²) in [5, 5.41) is 3.38. The first-order valence-corrected chi connectivity index (χ1v) is 9.32. The molecule has 3 aromatic rings. The number of aryl methyl sites for hydroxylation is 1. The predicted molar refractivity (Wildman–Crippen MR) is 109 cm³/mol. The molecule has 1 aromatic heterocycles. The number of H-pyrrole nitrogens is 1. The van der Waals surface area contributed by atoms with E-state index in [4.69, 9.17) is 4.74 Å². The highest BCUT2D eigenvalue weighted by Gasteiger charge is 2.22. The van der Waals surface area contributed by atoms with Crippen LogP contribution < -0.4 is 20.5 Å². The molecule has 0 unspecified atom stereocenters. The van der Waals surface area contributed by atoms with Gasteiger partial charge in [0, 0.05) is 31.6 Å². The number of carbonyl (C=O) groups excluding carboxylic acids is 2. The SMILES string of the molecule is CN1C(=O)COc2cc(NC(=O)CCCc3nc4ccccc4c(=O)[nH]3)ccc21. The number of aromatic nitrogens is 2. The third-order valence-corrected chi connectivity index (χ3v) is 4.81. The Bertz CT molecular complexity index is 1150. The van der Waals surface area contributed by atoms with Crippen LogP contribution in [-0.2, 0) is 16.0 Å². The Labute approximate surface area is 166 Å². The first kappa shape index (κ1) is 18.7. The van der Waals surface area contributed by atoms with E-state index in [-0.39, 0.29) is 30.4 Å². The van der Waals surface area contributed by atoms with Gasteiger partial charge in [-0.15, -0.1) is 0 Å². The second-order valence-corrected chi connectivity index (χ2v) is 6.86. The molecule has 8 nitrogen and oxygen atoms in total. The zero-order valence-corrected chi connectivity index (χ0v) is 15.9. The minimum absolute atomic E-state index is 0.0160. The fraction of sp³-hybridized carbons (Fsp3) is 0.238. The summed E-state index contributed by atoms with van der Waals surface area (Å²) in [5.74, 6) is 0.863. The molecule has 0 saturated carbocycles. The topological polar surface area (TPSA) is 104 Å². The number of anilines is 2. The molecule has 0 saturated heterocycles. The standard InChI is InChI=1S/C21H20N4O4/c1-25-16-10-9-13(11-17(16)29-12-20(25)27)22-19(26)8-4-7-18-23-15-6-3-2-5-14(15)21(28)24-18/h2-3,5-6,9-11H,4,7-8,12H2,1H3,(H,22,26)(H,23,24,28). The van der Waals surface area contributed by atoms with E-state index in [9.17, 15) is 14.4 Å². The molecule has 0 aliphatic carbocycles. The minimum Gasteiger partial charge on any atom is -0.481 e. The number of para-hydroxylation sites is 1. The van der Waals surface area contributed by atoms with E-state index in [1.807, 2.05) is 6.07 Å². The van der Waals surface area contributed by atoms with E-state index >= 15 is 0 Å². The lowest BCUT2D eigenvalue weighted by Gasteiger charge is -2.26. The zero-order chi connectivity index (χ0) is 20.4.